The summed E-state index contributed by atoms with van der Waals surface area (Å²) in [5.41, 5.74) is 7.01. The minimum Gasteiger partial charge on any atom is -0.332 e. The van der Waals surface area contributed by atoms with Crippen molar-refractivity contribution in [3.63, 3.8) is 0 Å². The van der Waals surface area contributed by atoms with Gasteiger partial charge >= 0.3 is 0 Å². The van der Waals surface area contributed by atoms with Crippen LogP contribution in [0.25, 0.3) is 22.4 Å². The fraction of sp³-hybridized carbons (Fsp3) is 0.174. The van der Waals surface area contributed by atoms with E-state index in [1.54, 1.807) is 16.9 Å². The van der Waals surface area contributed by atoms with Crippen molar-refractivity contribution >= 4 is 5.91 Å². The van der Waals surface area contributed by atoms with Gasteiger partial charge in [0, 0.05) is 43.0 Å². The number of aromatic nitrogens is 4. The number of hydrogen-bond donors (Lipinski definition) is 1. The lowest BCUT2D eigenvalue weighted by Gasteiger charge is -2.26. The van der Waals surface area contributed by atoms with Crippen LogP contribution in [0.5, 0.6) is 0 Å². The highest BCUT2D eigenvalue weighted by Gasteiger charge is 2.27. The number of aromatic amines is 1. The second-order valence-electron chi connectivity index (χ2n) is 7.32. The molecule has 6 heteroatoms. The predicted octanol–water partition coefficient (Wildman–Crippen LogP) is 3.68. The Bertz CT molecular complexity index is 1160. The molecule has 2 aromatic heterocycles. The predicted molar refractivity (Wildman–Crippen MR) is 111 cm³/mol. The Kier molecular flexibility index (Phi) is 4.24. The minimum absolute atomic E-state index is 0.0391. The van der Waals surface area contributed by atoms with Crippen LogP contribution in [0.4, 0.5) is 0 Å². The molecule has 0 saturated heterocycles. The van der Waals surface area contributed by atoms with Gasteiger partial charge in [0.2, 0.25) is 0 Å². The molecule has 1 N–H and O–H groups in total. The van der Waals surface area contributed by atoms with Gasteiger partial charge in [-0.2, -0.15) is 10.2 Å². The summed E-state index contributed by atoms with van der Waals surface area (Å²) in [5.74, 6) is -0.0391. The molecule has 0 bridgehead atoms. The number of nitrogens with zero attached hydrogens (tertiary/aromatic N) is 4. The fourth-order valence-electron chi connectivity index (χ4n) is 3.85. The van der Waals surface area contributed by atoms with E-state index in [1.165, 1.54) is 11.1 Å². The largest absolute Gasteiger partial charge is 0.332 e. The number of fused-ring (bicyclic) bond motifs is 1. The lowest BCUT2D eigenvalue weighted by atomic mass is 9.98. The minimum atomic E-state index is -0.0391. The number of H-pyrrole nitrogens is 1. The second-order valence-corrected chi connectivity index (χ2v) is 7.32. The van der Waals surface area contributed by atoms with E-state index in [4.69, 9.17) is 0 Å². The summed E-state index contributed by atoms with van der Waals surface area (Å²) in [5, 5.41) is 12.0. The van der Waals surface area contributed by atoms with Gasteiger partial charge in [0.25, 0.3) is 5.91 Å². The van der Waals surface area contributed by atoms with Gasteiger partial charge < -0.3 is 4.90 Å². The summed E-state index contributed by atoms with van der Waals surface area (Å²) in [6, 6.07) is 20.5. The molecular formula is C23H21N5O. The molecule has 0 atom stereocenters. The van der Waals surface area contributed by atoms with Crippen LogP contribution in [0.2, 0.25) is 0 Å². The topological polar surface area (TPSA) is 66.8 Å². The smallest absolute Gasteiger partial charge is 0.274 e. The van der Waals surface area contributed by atoms with Crippen LogP contribution < -0.4 is 0 Å². The number of amides is 1. The molecule has 0 unspecified atom stereocenters. The van der Waals surface area contributed by atoms with Gasteiger partial charge in [0.05, 0.1) is 12.2 Å². The first-order valence-corrected chi connectivity index (χ1v) is 9.70. The van der Waals surface area contributed by atoms with Gasteiger partial charge in [0.1, 0.15) is 5.69 Å². The van der Waals surface area contributed by atoms with E-state index >= 15 is 0 Å². The maximum atomic E-state index is 12.8. The Morgan fingerprint density at radius 1 is 0.966 bits per heavy atom. The Labute approximate surface area is 168 Å². The first-order valence-electron chi connectivity index (χ1n) is 9.70. The molecule has 0 spiro atoms. The van der Waals surface area contributed by atoms with E-state index in [-0.39, 0.29) is 5.91 Å². The molecule has 1 amide bonds. The molecule has 4 aromatic rings. The van der Waals surface area contributed by atoms with E-state index in [1.807, 2.05) is 30.1 Å². The Hall–Kier alpha value is -3.67. The molecule has 0 saturated carbocycles. The van der Waals surface area contributed by atoms with Gasteiger partial charge in [-0.05, 0) is 17.2 Å². The van der Waals surface area contributed by atoms with Crippen LogP contribution in [-0.4, -0.2) is 37.3 Å². The normalized spacial score (nSPS) is 13.3. The van der Waals surface area contributed by atoms with Gasteiger partial charge in [-0.3, -0.25) is 14.6 Å². The average Bonchev–Trinajstić information content (AvgIpc) is 3.40. The van der Waals surface area contributed by atoms with Crippen LogP contribution in [0.15, 0.2) is 66.9 Å². The number of rotatable bonds is 3. The lowest BCUT2D eigenvalue weighted by Crippen LogP contribution is -2.36. The summed E-state index contributed by atoms with van der Waals surface area (Å²) < 4.78 is 1.65. The van der Waals surface area contributed by atoms with Crippen LogP contribution in [-0.2, 0) is 20.0 Å². The van der Waals surface area contributed by atoms with Crippen LogP contribution in [0.1, 0.15) is 21.7 Å². The van der Waals surface area contributed by atoms with Crippen molar-refractivity contribution in [1.29, 1.82) is 0 Å². The molecule has 3 heterocycles. The molecule has 6 nitrogen and oxygen atoms in total. The van der Waals surface area contributed by atoms with Crippen LogP contribution in [0, 0.1) is 0 Å². The Morgan fingerprint density at radius 3 is 2.41 bits per heavy atom. The van der Waals surface area contributed by atoms with Crippen molar-refractivity contribution in [3.8, 4) is 22.4 Å². The highest BCUT2D eigenvalue weighted by Crippen LogP contribution is 2.30. The molecule has 5 rings (SSSR count). The SMILES string of the molecule is Cn1ccc(C(=O)N2CCc3[nH]nc(-c4ccc(-c5ccccc5)cc4)c3C2)n1. The highest BCUT2D eigenvalue weighted by molar-refractivity contribution is 5.92. The number of nitrogens with one attached hydrogen (secondary N) is 1. The standard InChI is InChI=1S/C23H21N5O/c1-27-13-11-21(26-27)23(29)28-14-12-20-19(15-28)22(25-24-20)18-9-7-17(8-10-18)16-5-3-2-4-6-16/h2-11,13H,12,14-15H2,1H3,(H,24,25). The summed E-state index contributed by atoms with van der Waals surface area (Å²) in [6.45, 7) is 1.20. The van der Waals surface area contributed by atoms with E-state index in [0.717, 1.165) is 28.9 Å². The molecule has 0 radical (unpaired) electrons. The van der Waals surface area contributed by atoms with Gasteiger partial charge in [-0.15, -0.1) is 0 Å². The summed E-state index contributed by atoms with van der Waals surface area (Å²) in [7, 11) is 1.82. The zero-order valence-electron chi connectivity index (χ0n) is 16.2. The number of aryl methyl sites for hydroxylation is 1. The van der Waals surface area contributed by atoms with E-state index in [2.05, 4.69) is 51.7 Å². The molecule has 29 heavy (non-hydrogen) atoms. The maximum absolute atomic E-state index is 12.8. The number of hydrogen-bond acceptors (Lipinski definition) is 3. The van der Waals surface area contributed by atoms with E-state index < -0.39 is 0 Å². The number of carbonyl (C=O) groups excluding carboxylic acids is 1. The highest BCUT2D eigenvalue weighted by atomic mass is 16.2. The summed E-state index contributed by atoms with van der Waals surface area (Å²) in [6.07, 6.45) is 2.56. The molecule has 0 fully saturated rings. The van der Waals surface area contributed by atoms with Crippen molar-refractivity contribution in [2.75, 3.05) is 6.54 Å². The zero-order chi connectivity index (χ0) is 19.8. The third-order valence-electron chi connectivity index (χ3n) is 5.42. The number of benzene rings is 2. The van der Waals surface area contributed by atoms with Crippen molar-refractivity contribution in [2.45, 2.75) is 13.0 Å². The zero-order valence-corrected chi connectivity index (χ0v) is 16.2. The quantitative estimate of drug-likeness (QED) is 0.587. The van der Waals surface area contributed by atoms with Crippen molar-refractivity contribution in [3.05, 3.63) is 83.8 Å². The Balaban J connectivity index is 1.41. The molecule has 1 aliphatic rings. The Morgan fingerprint density at radius 2 is 1.69 bits per heavy atom. The van der Waals surface area contributed by atoms with Crippen molar-refractivity contribution < 1.29 is 4.79 Å². The van der Waals surface area contributed by atoms with E-state index in [0.29, 0.717) is 18.8 Å². The maximum Gasteiger partial charge on any atom is 0.274 e. The van der Waals surface area contributed by atoms with E-state index in [9.17, 15) is 4.79 Å². The first-order chi connectivity index (χ1) is 14.2. The first kappa shape index (κ1) is 17.4. The fourth-order valence-corrected chi connectivity index (χ4v) is 3.85. The van der Waals surface area contributed by atoms with Gasteiger partial charge in [-0.1, -0.05) is 54.6 Å². The van der Waals surface area contributed by atoms with Crippen LogP contribution in [0.3, 0.4) is 0 Å². The van der Waals surface area contributed by atoms with Gasteiger partial charge in [0.15, 0.2) is 0 Å². The lowest BCUT2D eigenvalue weighted by molar-refractivity contribution is 0.0728. The third-order valence-corrected chi connectivity index (χ3v) is 5.42. The third kappa shape index (κ3) is 3.23. The van der Waals surface area contributed by atoms with Crippen LogP contribution >= 0.6 is 0 Å². The monoisotopic (exact) mass is 383 g/mol. The molecule has 2 aromatic carbocycles. The molecule has 0 aliphatic carbocycles. The summed E-state index contributed by atoms with van der Waals surface area (Å²) in [4.78, 5) is 14.7. The molecule has 144 valence electrons. The summed E-state index contributed by atoms with van der Waals surface area (Å²) >= 11 is 0. The molecule has 1 aliphatic heterocycles. The second kappa shape index (κ2) is 7.05. The van der Waals surface area contributed by atoms with Crippen molar-refractivity contribution in [1.82, 2.24) is 24.9 Å². The average molecular weight is 383 g/mol. The molecular weight excluding hydrogens is 362 g/mol. The van der Waals surface area contributed by atoms with Gasteiger partial charge in [-0.25, -0.2) is 0 Å². The number of carbonyl (C=O) groups is 1. The van der Waals surface area contributed by atoms with Crippen molar-refractivity contribution in [2.24, 2.45) is 7.05 Å².